The summed E-state index contributed by atoms with van der Waals surface area (Å²) in [6.45, 7) is 0. The molecule has 0 spiro atoms. The summed E-state index contributed by atoms with van der Waals surface area (Å²) in [6, 6.07) is 5.83. The van der Waals surface area contributed by atoms with E-state index in [9.17, 15) is 0 Å². The van der Waals surface area contributed by atoms with Crippen molar-refractivity contribution in [2.45, 2.75) is 10.1 Å². The number of halogens is 2. The van der Waals surface area contributed by atoms with E-state index in [0.29, 0.717) is 5.88 Å². The van der Waals surface area contributed by atoms with Gasteiger partial charge in [-0.3, -0.25) is 0 Å². The molecule has 68 valence electrons. The van der Waals surface area contributed by atoms with Crippen LogP contribution in [0.15, 0.2) is 22.4 Å². The van der Waals surface area contributed by atoms with E-state index in [1.54, 1.807) is 11.3 Å². The van der Waals surface area contributed by atoms with Crippen LogP contribution in [0.2, 0.25) is 5.02 Å². The summed E-state index contributed by atoms with van der Waals surface area (Å²) in [4.78, 5) is 0. The maximum atomic E-state index is 6.03. The van der Waals surface area contributed by atoms with Gasteiger partial charge in [-0.15, -0.1) is 35.6 Å². The Kier molecular flexibility index (Phi) is 2.75. The van der Waals surface area contributed by atoms with Crippen molar-refractivity contribution in [2.24, 2.45) is 0 Å². The van der Waals surface area contributed by atoms with Crippen molar-refractivity contribution in [3.63, 3.8) is 0 Å². The fourth-order valence-corrected chi connectivity index (χ4v) is 3.43. The molecule has 0 aliphatic rings. The molecule has 0 saturated carbocycles. The largest absolute Gasteiger partial charge is 0.132 e. The van der Waals surface area contributed by atoms with Gasteiger partial charge in [-0.2, -0.15) is 0 Å². The average molecular weight is 249 g/mol. The van der Waals surface area contributed by atoms with Crippen LogP contribution >= 0.6 is 47.2 Å². The number of benzene rings is 1. The lowest BCUT2D eigenvalue weighted by Crippen LogP contribution is -1.74. The molecule has 2 rings (SSSR count). The molecule has 0 fully saturated rings. The van der Waals surface area contributed by atoms with Crippen LogP contribution in [0.1, 0.15) is 5.56 Å². The number of fused-ring (bicyclic) bond motifs is 1. The third-order valence-corrected chi connectivity index (χ3v) is 4.20. The van der Waals surface area contributed by atoms with Crippen molar-refractivity contribution in [1.82, 2.24) is 0 Å². The van der Waals surface area contributed by atoms with Crippen molar-refractivity contribution in [3.8, 4) is 0 Å². The van der Waals surface area contributed by atoms with E-state index >= 15 is 0 Å². The average Bonchev–Trinajstić information content (AvgIpc) is 2.43. The molecule has 1 heterocycles. The zero-order chi connectivity index (χ0) is 9.42. The fourth-order valence-electron chi connectivity index (χ4n) is 1.25. The molecule has 0 amide bonds. The van der Waals surface area contributed by atoms with Crippen LogP contribution in [0.4, 0.5) is 0 Å². The minimum Gasteiger partial charge on any atom is -0.132 e. The van der Waals surface area contributed by atoms with Gasteiger partial charge in [0.15, 0.2) is 0 Å². The van der Waals surface area contributed by atoms with E-state index in [0.717, 1.165) is 24.9 Å². The molecule has 0 aliphatic carbocycles. The Labute approximate surface area is 95.9 Å². The van der Waals surface area contributed by atoms with Gasteiger partial charge in [-0.1, -0.05) is 23.7 Å². The molecule has 0 unspecified atom stereocenters. The van der Waals surface area contributed by atoms with Crippen LogP contribution in [0, 0.1) is 0 Å². The molecule has 0 saturated heterocycles. The highest BCUT2D eigenvalue weighted by Crippen LogP contribution is 2.38. The fraction of sp³-hybridized carbons (Fsp3) is 0.111. The smallest absolute Gasteiger partial charge is 0.0625 e. The van der Waals surface area contributed by atoms with Crippen LogP contribution in [0.3, 0.4) is 0 Å². The number of hydrogen-bond acceptors (Lipinski definition) is 2. The van der Waals surface area contributed by atoms with Crippen LogP contribution < -0.4 is 0 Å². The number of rotatable bonds is 1. The van der Waals surface area contributed by atoms with Crippen molar-refractivity contribution in [2.75, 3.05) is 0 Å². The highest BCUT2D eigenvalue weighted by atomic mass is 35.5. The van der Waals surface area contributed by atoms with Crippen molar-refractivity contribution >= 4 is 57.3 Å². The quantitative estimate of drug-likeness (QED) is 0.555. The zero-order valence-corrected chi connectivity index (χ0v) is 9.77. The molecule has 0 bridgehead atoms. The van der Waals surface area contributed by atoms with Gasteiger partial charge in [0.1, 0.15) is 0 Å². The third-order valence-electron chi connectivity index (χ3n) is 1.88. The van der Waals surface area contributed by atoms with Crippen molar-refractivity contribution < 1.29 is 0 Å². The Bertz CT molecular complexity index is 448. The highest BCUT2D eigenvalue weighted by Gasteiger charge is 2.10. The molecule has 0 aliphatic heterocycles. The van der Waals surface area contributed by atoms with Crippen LogP contribution in [0.5, 0.6) is 0 Å². The first-order valence-corrected chi connectivity index (χ1v) is 5.86. The maximum absolute atomic E-state index is 6.03. The summed E-state index contributed by atoms with van der Waals surface area (Å²) in [5, 5.41) is 1.90. The monoisotopic (exact) mass is 248 g/mol. The van der Waals surface area contributed by atoms with Crippen LogP contribution in [0.25, 0.3) is 10.1 Å². The molecule has 13 heavy (non-hydrogen) atoms. The molecular formula is C9H6Cl2S2. The Balaban J connectivity index is 2.86. The van der Waals surface area contributed by atoms with E-state index in [1.165, 1.54) is 0 Å². The van der Waals surface area contributed by atoms with Gasteiger partial charge < -0.3 is 0 Å². The van der Waals surface area contributed by atoms with E-state index in [-0.39, 0.29) is 0 Å². The minimum atomic E-state index is 0.485. The standard InChI is InChI=1S/C9H6Cl2S2/c10-4-6-5-2-1-3-7(11)8(5)13-9(6)12/h1-3,12H,4H2. The number of hydrogen-bond donors (Lipinski definition) is 1. The van der Waals surface area contributed by atoms with E-state index in [4.69, 9.17) is 23.2 Å². The van der Waals surface area contributed by atoms with Crippen LogP contribution in [-0.2, 0) is 5.88 Å². The summed E-state index contributed by atoms with van der Waals surface area (Å²) >= 11 is 17.8. The lowest BCUT2D eigenvalue weighted by Gasteiger charge is -1.94. The molecule has 2 aromatic rings. The summed E-state index contributed by atoms with van der Waals surface area (Å²) in [5.41, 5.74) is 1.08. The van der Waals surface area contributed by atoms with Gasteiger partial charge in [-0.25, -0.2) is 0 Å². The predicted octanol–water partition coefficient (Wildman–Crippen LogP) is 4.58. The predicted molar refractivity (Wildman–Crippen MR) is 63.6 cm³/mol. The maximum Gasteiger partial charge on any atom is 0.0625 e. The lowest BCUT2D eigenvalue weighted by molar-refractivity contribution is 1.40. The Morgan fingerprint density at radius 3 is 2.85 bits per heavy atom. The second-order valence-electron chi connectivity index (χ2n) is 2.64. The number of thiophene rings is 1. The number of thiol groups is 1. The highest BCUT2D eigenvalue weighted by molar-refractivity contribution is 7.83. The van der Waals surface area contributed by atoms with Gasteiger partial charge in [0.2, 0.25) is 0 Å². The summed E-state index contributed by atoms with van der Waals surface area (Å²) < 4.78 is 2.03. The van der Waals surface area contributed by atoms with Crippen molar-refractivity contribution in [1.29, 1.82) is 0 Å². The molecule has 0 nitrogen and oxygen atoms in total. The Morgan fingerprint density at radius 1 is 1.38 bits per heavy atom. The van der Waals surface area contributed by atoms with E-state index in [2.05, 4.69) is 12.6 Å². The second kappa shape index (κ2) is 3.70. The Morgan fingerprint density at radius 2 is 2.15 bits per heavy atom. The first-order valence-electron chi connectivity index (χ1n) is 3.69. The summed E-state index contributed by atoms with van der Waals surface area (Å²) in [7, 11) is 0. The molecule has 1 aromatic heterocycles. The van der Waals surface area contributed by atoms with Gasteiger partial charge >= 0.3 is 0 Å². The first kappa shape index (κ1) is 9.66. The topological polar surface area (TPSA) is 0 Å². The molecular weight excluding hydrogens is 243 g/mol. The SMILES string of the molecule is Sc1sc2c(Cl)cccc2c1CCl. The zero-order valence-electron chi connectivity index (χ0n) is 6.55. The summed E-state index contributed by atoms with van der Waals surface area (Å²) in [5.74, 6) is 0.485. The van der Waals surface area contributed by atoms with E-state index in [1.807, 2.05) is 18.2 Å². The van der Waals surface area contributed by atoms with Gasteiger partial charge in [-0.05, 0) is 17.0 Å². The van der Waals surface area contributed by atoms with Crippen molar-refractivity contribution in [3.05, 3.63) is 28.8 Å². The molecule has 1 aromatic carbocycles. The molecule has 4 heteroatoms. The van der Waals surface area contributed by atoms with Gasteiger partial charge in [0.25, 0.3) is 0 Å². The van der Waals surface area contributed by atoms with E-state index < -0.39 is 0 Å². The Hall–Kier alpha value is 0.110. The van der Waals surface area contributed by atoms with Gasteiger partial charge in [0, 0.05) is 5.88 Å². The van der Waals surface area contributed by atoms with Gasteiger partial charge in [0.05, 0.1) is 13.9 Å². The number of alkyl halides is 1. The molecule has 0 atom stereocenters. The lowest BCUT2D eigenvalue weighted by atomic mass is 10.2. The molecule has 0 N–H and O–H groups in total. The third kappa shape index (κ3) is 1.57. The normalized spacial score (nSPS) is 11.0. The van der Waals surface area contributed by atoms with Crippen LogP contribution in [-0.4, -0.2) is 0 Å². The second-order valence-corrected chi connectivity index (χ2v) is 5.08. The first-order chi connectivity index (χ1) is 6.24. The molecule has 0 radical (unpaired) electrons. The summed E-state index contributed by atoms with van der Waals surface area (Å²) in [6.07, 6.45) is 0. The minimum absolute atomic E-state index is 0.485.